The van der Waals surface area contributed by atoms with Crippen LogP contribution in [0.2, 0.25) is 5.02 Å². The Balaban J connectivity index is 1.63. The molecule has 2 atom stereocenters. The van der Waals surface area contributed by atoms with Gasteiger partial charge in [0.1, 0.15) is 0 Å². The molecule has 3 aromatic rings. The third-order valence-corrected chi connectivity index (χ3v) is 6.72. The summed E-state index contributed by atoms with van der Waals surface area (Å²) in [7, 11) is 0. The molecule has 2 unspecified atom stereocenters. The van der Waals surface area contributed by atoms with Crippen molar-refractivity contribution in [3.05, 3.63) is 99.6 Å². The van der Waals surface area contributed by atoms with Crippen molar-refractivity contribution < 1.29 is 0 Å². The Morgan fingerprint density at radius 3 is 2.59 bits per heavy atom. The first-order valence-electron chi connectivity index (χ1n) is 9.80. The molecule has 0 fully saturated rings. The van der Waals surface area contributed by atoms with Gasteiger partial charge in [0.2, 0.25) is 0 Å². The molecule has 0 heterocycles. The van der Waals surface area contributed by atoms with Crippen LogP contribution in [0.25, 0.3) is 16.3 Å². The van der Waals surface area contributed by atoms with E-state index in [0.29, 0.717) is 11.8 Å². The van der Waals surface area contributed by atoms with Gasteiger partial charge in [-0.1, -0.05) is 78.7 Å². The van der Waals surface area contributed by atoms with Crippen LogP contribution in [-0.4, -0.2) is 0 Å². The molecule has 1 heteroatoms. The summed E-state index contributed by atoms with van der Waals surface area (Å²) in [5.41, 5.74) is 8.47. The maximum atomic E-state index is 6.46. The Bertz CT molecular complexity index is 1100. The Morgan fingerprint density at radius 2 is 1.78 bits per heavy atom. The van der Waals surface area contributed by atoms with E-state index < -0.39 is 0 Å². The van der Waals surface area contributed by atoms with Crippen LogP contribution in [0.3, 0.4) is 0 Å². The summed E-state index contributed by atoms with van der Waals surface area (Å²) in [5, 5.41) is 3.49. The van der Waals surface area contributed by atoms with E-state index in [0.717, 1.165) is 23.4 Å². The first-order valence-corrected chi connectivity index (χ1v) is 10.2. The maximum Gasteiger partial charge on any atom is 0.0441 e. The van der Waals surface area contributed by atoms with Crippen molar-refractivity contribution in [3.8, 4) is 0 Å². The van der Waals surface area contributed by atoms with Crippen molar-refractivity contribution in [1.82, 2.24) is 0 Å². The van der Waals surface area contributed by atoms with Gasteiger partial charge in [-0.25, -0.2) is 0 Å². The summed E-state index contributed by atoms with van der Waals surface area (Å²) in [6, 6.07) is 19.8. The van der Waals surface area contributed by atoms with Crippen molar-refractivity contribution in [2.75, 3.05) is 0 Å². The van der Waals surface area contributed by atoms with Gasteiger partial charge in [0.25, 0.3) is 0 Å². The van der Waals surface area contributed by atoms with E-state index in [9.17, 15) is 0 Å². The molecule has 0 aromatic heterocycles. The Labute approximate surface area is 166 Å². The fourth-order valence-corrected chi connectivity index (χ4v) is 4.98. The molecule has 0 nitrogen and oxygen atoms in total. The van der Waals surface area contributed by atoms with Crippen molar-refractivity contribution in [1.29, 1.82) is 0 Å². The molecular formula is C26H23Cl. The lowest BCUT2D eigenvalue weighted by molar-refractivity contribution is 0.614. The van der Waals surface area contributed by atoms with Gasteiger partial charge >= 0.3 is 0 Å². The first-order chi connectivity index (χ1) is 13.1. The second-order valence-corrected chi connectivity index (χ2v) is 8.45. The summed E-state index contributed by atoms with van der Waals surface area (Å²) in [6.07, 6.45) is 6.98. The van der Waals surface area contributed by atoms with Crippen LogP contribution >= 0.6 is 11.6 Å². The number of allylic oxidation sites excluding steroid dienone is 4. The van der Waals surface area contributed by atoms with E-state index in [1.165, 1.54) is 33.0 Å². The molecule has 0 radical (unpaired) electrons. The highest BCUT2D eigenvalue weighted by molar-refractivity contribution is 6.32. The van der Waals surface area contributed by atoms with Crippen molar-refractivity contribution in [2.45, 2.75) is 32.6 Å². The number of fused-ring (bicyclic) bond motifs is 4. The Hall–Kier alpha value is -2.31. The minimum Gasteiger partial charge on any atom is -0.0840 e. The molecular weight excluding hydrogens is 348 g/mol. The van der Waals surface area contributed by atoms with Crippen LogP contribution in [-0.2, 0) is 6.42 Å². The molecule has 0 aliphatic heterocycles. The molecule has 2 aliphatic carbocycles. The van der Waals surface area contributed by atoms with E-state index in [4.69, 9.17) is 11.6 Å². The van der Waals surface area contributed by atoms with Crippen LogP contribution in [0.5, 0.6) is 0 Å². The molecule has 27 heavy (non-hydrogen) atoms. The zero-order valence-electron chi connectivity index (χ0n) is 15.8. The minimum atomic E-state index is 0.492. The van der Waals surface area contributed by atoms with Gasteiger partial charge in [0.15, 0.2) is 0 Å². The third-order valence-electron chi connectivity index (χ3n) is 6.31. The van der Waals surface area contributed by atoms with Crippen molar-refractivity contribution >= 4 is 27.9 Å². The fraction of sp³-hybridized carbons (Fsp3) is 0.231. The lowest BCUT2D eigenvalue weighted by Gasteiger charge is -2.33. The van der Waals surface area contributed by atoms with Gasteiger partial charge < -0.3 is 0 Å². The van der Waals surface area contributed by atoms with Crippen LogP contribution < -0.4 is 0 Å². The van der Waals surface area contributed by atoms with Gasteiger partial charge in [0, 0.05) is 10.9 Å². The van der Waals surface area contributed by atoms with Gasteiger partial charge in [-0.2, -0.15) is 0 Å². The third kappa shape index (κ3) is 2.75. The van der Waals surface area contributed by atoms with E-state index in [-0.39, 0.29) is 0 Å². The summed E-state index contributed by atoms with van der Waals surface area (Å²) in [4.78, 5) is 0. The second-order valence-electron chi connectivity index (χ2n) is 8.04. The van der Waals surface area contributed by atoms with E-state index in [2.05, 4.69) is 80.6 Å². The summed E-state index contributed by atoms with van der Waals surface area (Å²) < 4.78 is 0. The van der Waals surface area contributed by atoms with Gasteiger partial charge in [-0.15, -0.1) is 0 Å². The van der Waals surface area contributed by atoms with E-state index in [1.807, 2.05) is 0 Å². The number of aryl methyl sites for hydroxylation is 1. The molecule has 3 aromatic carbocycles. The standard InChI is InChI=1S/C26H23Cl/c1-16-13-25-22(11-9-20-12-17(2)26(27)15-24(20)25)21-10-8-19(14-23(16)21)18-6-4-3-5-7-18/h3-12,15-16,19H,13-14H2,1-2H3. The molecule has 5 rings (SSSR count). The minimum absolute atomic E-state index is 0.492. The average molecular weight is 371 g/mol. The maximum absolute atomic E-state index is 6.46. The number of hydrogen-bond acceptors (Lipinski definition) is 0. The zero-order chi connectivity index (χ0) is 18.5. The fourth-order valence-electron chi connectivity index (χ4n) is 4.82. The zero-order valence-corrected chi connectivity index (χ0v) is 16.6. The Kier molecular flexibility index (Phi) is 3.98. The molecule has 2 aliphatic rings. The second kappa shape index (κ2) is 6.39. The summed E-state index contributed by atoms with van der Waals surface area (Å²) in [5.74, 6) is 1.06. The van der Waals surface area contributed by atoms with Crippen molar-refractivity contribution in [2.24, 2.45) is 5.92 Å². The average Bonchev–Trinajstić information content (AvgIpc) is 2.70. The van der Waals surface area contributed by atoms with Gasteiger partial charge in [-0.05, 0) is 76.4 Å². The highest BCUT2D eigenvalue weighted by atomic mass is 35.5. The molecule has 0 bridgehead atoms. The quantitative estimate of drug-likeness (QED) is 0.416. The van der Waals surface area contributed by atoms with Gasteiger partial charge in [-0.3, -0.25) is 0 Å². The normalized spacial score (nSPS) is 21.3. The summed E-state index contributed by atoms with van der Waals surface area (Å²) in [6.45, 7) is 4.46. The number of rotatable bonds is 1. The SMILES string of the molecule is Cc1cc2ccc3c(c2cc1Cl)CC(C)C1=C3C=CC(c2ccccc2)C1. The monoisotopic (exact) mass is 370 g/mol. The van der Waals surface area contributed by atoms with Crippen LogP contribution in [0, 0.1) is 12.8 Å². The lowest BCUT2D eigenvalue weighted by atomic mass is 9.71. The number of halogens is 1. The smallest absolute Gasteiger partial charge is 0.0441 e. The van der Waals surface area contributed by atoms with Gasteiger partial charge in [0.05, 0.1) is 0 Å². The van der Waals surface area contributed by atoms with E-state index >= 15 is 0 Å². The first kappa shape index (κ1) is 16.8. The molecule has 0 amide bonds. The van der Waals surface area contributed by atoms with E-state index in [1.54, 1.807) is 5.57 Å². The highest BCUT2D eigenvalue weighted by Crippen LogP contribution is 2.46. The molecule has 0 saturated heterocycles. The molecule has 0 spiro atoms. The Morgan fingerprint density at radius 1 is 0.963 bits per heavy atom. The van der Waals surface area contributed by atoms with Crippen LogP contribution in [0.4, 0.5) is 0 Å². The largest absolute Gasteiger partial charge is 0.0840 e. The molecule has 0 N–H and O–H groups in total. The predicted octanol–water partition coefficient (Wildman–Crippen LogP) is 7.49. The van der Waals surface area contributed by atoms with Crippen LogP contribution in [0.1, 0.15) is 41.5 Å². The topological polar surface area (TPSA) is 0 Å². The number of benzene rings is 3. The summed E-state index contributed by atoms with van der Waals surface area (Å²) >= 11 is 6.46. The highest BCUT2D eigenvalue weighted by Gasteiger charge is 2.29. The predicted molar refractivity (Wildman–Crippen MR) is 116 cm³/mol. The molecule has 0 saturated carbocycles. The lowest BCUT2D eigenvalue weighted by Crippen LogP contribution is -2.18. The van der Waals surface area contributed by atoms with Crippen molar-refractivity contribution in [3.63, 3.8) is 0 Å². The molecule has 134 valence electrons. The number of hydrogen-bond donors (Lipinski definition) is 0. The van der Waals surface area contributed by atoms with Crippen LogP contribution in [0.15, 0.2) is 72.3 Å².